The third kappa shape index (κ3) is 4.19. The van der Waals surface area contributed by atoms with Gasteiger partial charge in [-0.25, -0.2) is 8.78 Å². The number of pyridine rings is 2. The molecule has 0 radical (unpaired) electrons. The average molecular weight is 497 g/mol. The molecule has 7 nitrogen and oxygen atoms in total. The van der Waals surface area contributed by atoms with E-state index in [1.807, 2.05) is 0 Å². The van der Waals surface area contributed by atoms with Gasteiger partial charge in [0.2, 0.25) is 5.92 Å². The maximum Gasteiger partial charge on any atom is 0.399 e. The molecule has 1 aliphatic rings. The number of hydrogen-bond donors (Lipinski definition) is 2. The standard InChI is InChI=1S/C23H24F5N5O2/c1-11-18(14-10-15(34)16-13(31-14)6-9-30-17(16)20(29)35)33(12-4-7-22(24,25)8-5-12)32-19(11)21(2,3)23(26,27)28/h6,9-10,12H,4-5,7-8H2,1-3H3,(H2,29,35)(H,31,34). The van der Waals surface area contributed by atoms with Crippen molar-refractivity contribution in [3.05, 3.63) is 45.5 Å². The van der Waals surface area contributed by atoms with Gasteiger partial charge in [-0.3, -0.25) is 19.3 Å². The van der Waals surface area contributed by atoms with Gasteiger partial charge in [0.05, 0.1) is 34.0 Å². The number of fused-ring (bicyclic) bond motifs is 1. The lowest BCUT2D eigenvalue weighted by Gasteiger charge is -2.30. The minimum atomic E-state index is -4.63. The van der Waals surface area contributed by atoms with Crippen LogP contribution in [0.4, 0.5) is 22.0 Å². The summed E-state index contributed by atoms with van der Waals surface area (Å²) >= 11 is 0. The van der Waals surface area contributed by atoms with Crippen LogP contribution in [-0.4, -0.2) is 37.8 Å². The van der Waals surface area contributed by atoms with E-state index in [0.29, 0.717) is 0 Å². The van der Waals surface area contributed by atoms with E-state index in [9.17, 15) is 31.5 Å². The molecule has 0 unspecified atom stereocenters. The van der Waals surface area contributed by atoms with Crippen LogP contribution < -0.4 is 11.2 Å². The first-order valence-corrected chi connectivity index (χ1v) is 11.0. The van der Waals surface area contributed by atoms with Gasteiger partial charge in [-0.05, 0) is 39.7 Å². The smallest absolute Gasteiger partial charge is 0.364 e. The molecule has 0 atom stereocenters. The highest BCUT2D eigenvalue weighted by atomic mass is 19.4. The lowest BCUT2D eigenvalue weighted by molar-refractivity contribution is -0.181. The first-order chi connectivity index (χ1) is 16.1. The van der Waals surface area contributed by atoms with Crippen LogP contribution in [0.25, 0.3) is 22.3 Å². The molecule has 1 amide bonds. The highest BCUT2D eigenvalue weighted by molar-refractivity contribution is 6.03. The van der Waals surface area contributed by atoms with Gasteiger partial charge in [0.15, 0.2) is 5.43 Å². The Bertz CT molecular complexity index is 1360. The topological polar surface area (TPSA) is 107 Å². The van der Waals surface area contributed by atoms with Crippen LogP contribution >= 0.6 is 0 Å². The predicted molar refractivity (Wildman–Crippen MR) is 118 cm³/mol. The van der Waals surface area contributed by atoms with Crippen LogP contribution in [0.2, 0.25) is 0 Å². The second-order valence-electron chi connectivity index (χ2n) is 9.47. The Morgan fingerprint density at radius 1 is 1.23 bits per heavy atom. The van der Waals surface area contributed by atoms with Gasteiger partial charge in [-0.1, -0.05) is 0 Å². The van der Waals surface area contributed by atoms with Gasteiger partial charge in [-0.15, -0.1) is 0 Å². The zero-order chi connectivity index (χ0) is 25.9. The molecule has 1 saturated carbocycles. The van der Waals surface area contributed by atoms with Crippen LogP contribution in [0.1, 0.15) is 67.3 Å². The summed E-state index contributed by atoms with van der Waals surface area (Å²) in [6.07, 6.45) is -4.17. The largest absolute Gasteiger partial charge is 0.399 e. The maximum atomic E-state index is 13.9. The van der Waals surface area contributed by atoms with E-state index in [-0.39, 0.29) is 52.1 Å². The molecule has 1 aliphatic carbocycles. The normalized spacial score (nSPS) is 17.1. The zero-order valence-electron chi connectivity index (χ0n) is 19.3. The van der Waals surface area contributed by atoms with E-state index < -0.39 is 47.7 Å². The first kappa shape index (κ1) is 24.8. The third-order valence-electron chi connectivity index (χ3n) is 6.71. The van der Waals surface area contributed by atoms with E-state index in [2.05, 4.69) is 15.1 Å². The van der Waals surface area contributed by atoms with E-state index in [1.165, 1.54) is 23.9 Å². The molecule has 4 rings (SSSR count). The molecule has 188 valence electrons. The van der Waals surface area contributed by atoms with Gasteiger partial charge in [0, 0.05) is 30.7 Å². The molecule has 12 heteroatoms. The van der Waals surface area contributed by atoms with E-state index in [0.717, 1.165) is 19.9 Å². The van der Waals surface area contributed by atoms with Crippen molar-refractivity contribution in [2.24, 2.45) is 5.73 Å². The van der Waals surface area contributed by atoms with Crippen molar-refractivity contribution >= 4 is 16.8 Å². The summed E-state index contributed by atoms with van der Waals surface area (Å²) < 4.78 is 70.7. The molecule has 3 aromatic rings. The van der Waals surface area contributed by atoms with Gasteiger partial charge in [-0.2, -0.15) is 18.3 Å². The summed E-state index contributed by atoms with van der Waals surface area (Å²) in [4.78, 5) is 31.5. The number of aromatic amines is 1. The fourth-order valence-corrected chi connectivity index (χ4v) is 4.62. The number of aromatic nitrogens is 4. The number of carbonyl (C=O) groups is 1. The summed E-state index contributed by atoms with van der Waals surface area (Å²) in [6.45, 7) is 3.46. The van der Waals surface area contributed by atoms with Crippen molar-refractivity contribution in [2.45, 2.75) is 70.0 Å². The second-order valence-corrected chi connectivity index (χ2v) is 9.47. The Labute approximate surface area is 196 Å². The monoisotopic (exact) mass is 497 g/mol. The van der Waals surface area contributed by atoms with Crippen molar-refractivity contribution in [1.82, 2.24) is 19.7 Å². The minimum Gasteiger partial charge on any atom is -0.364 e. The Morgan fingerprint density at radius 2 is 1.86 bits per heavy atom. The van der Waals surface area contributed by atoms with Crippen molar-refractivity contribution in [1.29, 1.82) is 0 Å². The number of carbonyl (C=O) groups excluding carboxylic acids is 1. The van der Waals surface area contributed by atoms with Crippen LogP contribution in [0.15, 0.2) is 23.1 Å². The number of hydrogen-bond acceptors (Lipinski definition) is 4. The second kappa shape index (κ2) is 8.13. The van der Waals surface area contributed by atoms with Gasteiger partial charge < -0.3 is 10.7 Å². The Hall–Kier alpha value is -3.31. The molecule has 0 bridgehead atoms. The summed E-state index contributed by atoms with van der Waals surface area (Å²) in [5.41, 5.74) is 2.59. The van der Waals surface area contributed by atoms with E-state index in [1.54, 1.807) is 0 Å². The molecule has 3 N–H and O–H groups in total. The number of amides is 1. The molecule has 0 spiro atoms. The number of halogens is 5. The predicted octanol–water partition coefficient (Wildman–Crippen LogP) is 4.78. The molecular weight excluding hydrogens is 473 g/mol. The number of alkyl halides is 5. The number of nitrogens with one attached hydrogen (secondary N) is 1. The number of rotatable bonds is 4. The Kier molecular flexibility index (Phi) is 5.76. The minimum absolute atomic E-state index is 0.0144. The molecule has 3 aromatic heterocycles. The zero-order valence-corrected chi connectivity index (χ0v) is 19.3. The summed E-state index contributed by atoms with van der Waals surface area (Å²) in [5, 5.41) is 4.24. The van der Waals surface area contributed by atoms with Crippen molar-refractivity contribution in [3.63, 3.8) is 0 Å². The quantitative estimate of drug-likeness (QED) is 0.506. The lowest BCUT2D eigenvalue weighted by Crippen LogP contribution is -2.37. The van der Waals surface area contributed by atoms with Crippen LogP contribution in [0, 0.1) is 6.92 Å². The molecule has 0 aromatic carbocycles. The Balaban J connectivity index is 1.97. The maximum absolute atomic E-state index is 13.9. The van der Waals surface area contributed by atoms with Crippen LogP contribution in [0.3, 0.4) is 0 Å². The summed E-state index contributed by atoms with van der Waals surface area (Å²) in [6, 6.07) is 1.99. The first-order valence-electron chi connectivity index (χ1n) is 11.0. The van der Waals surface area contributed by atoms with Gasteiger partial charge >= 0.3 is 6.18 Å². The number of nitrogens with two attached hydrogens (primary N) is 1. The van der Waals surface area contributed by atoms with Crippen LogP contribution in [0.5, 0.6) is 0 Å². The molecule has 0 aliphatic heterocycles. The number of nitrogens with zero attached hydrogens (tertiary/aromatic N) is 3. The van der Waals surface area contributed by atoms with Gasteiger partial charge in [0.1, 0.15) is 11.1 Å². The molecule has 35 heavy (non-hydrogen) atoms. The molecule has 0 saturated heterocycles. The lowest BCUT2D eigenvalue weighted by atomic mass is 9.85. The number of primary amides is 1. The Morgan fingerprint density at radius 3 is 2.43 bits per heavy atom. The van der Waals surface area contributed by atoms with Gasteiger partial charge in [0.25, 0.3) is 5.91 Å². The van der Waals surface area contributed by atoms with E-state index in [4.69, 9.17) is 5.73 Å². The summed E-state index contributed by atoms with van der Waals surface area (Å²) in [7, 11) is 0. The fourth-order valence-electron chi connectivity index (χ4n) is 4.62. The number of H-pyrrole nitrogens is 1. The molecule has 1 fully saturated rings. The molecule has 3 heterocycles. The average Bonchev–Trinajstić information content (AvgIpc) is 3.10. The highest BCUT2D eigenvalue weighted by Gasteiger charge is 2.52. The summed E-state index contributed by atoms with van der Waals surface area (Å²) in [5.74, 6) is -3.75. The highest BCUT2D eigenvalue weighted by Crippen LogP contribution is 2.45. The van der Waals surface area contributed by atoms with Crippen LogP contribution in [-0.2, 0) is 5.41 Å². The fraction of sp³-hybridized carbons (Fsp3) is 0.478. The van der Waals surface area contributed by atoms with Crippen molar-refractivity contribution < 1.29 is 26.7 Å². The third-order valence-corrected chi connectivity index (χ3v) is 6.71. The molecular formula is C23H24F5N5O2. The van der Waals surface area contributed by atoms with Crippen molar-refractivity contribution in [2.75, 3.05) is 0 Å². The van der Waals surface area contributed by atoms with E-state index >= 15 is 0 Å². The SMILES string of the molecule is Cc1c(C(C)(C)C(F)(F)F)nn(C2CCC(F)(F)CC2)c1-c1cc(=O)c2c(C(N)=O)nccc2[nH]1. The van der Waals surface area contributed by atoms with Crippen molar-refractivity contribution in [3.8, 4) is 11.4 Å².